The van der Waals surface area contributed by atoms with E-state index >= 15 is 0 Å². The Balaban J connectivity index is 3.90. The van der Waals surface area contributed by atoms with Crippen molar-refractivity contribution in [2.75, 3.05) is 52.7 Å². The Bertz CT molecular complexity index is 884. The van der Waals surface area contributed by atoms with Gasteiger partial charge in [-0.1, -0.05) is 129 Å². The maximum absolute atomic E-state index is 12.4. The minimum absolute atomic E-state index is 0.0594. The van der Waals surface area contributed by atoms with Crippen molar-refractivity contribution >= 4 is 11.9 Å². The highest BCUT2D eigenvalue weighted by molar-refractivity contribution is 5.69. The maximum atomic E-state index is 12.4. The van der Waals surface area contributed by atoms with Crippen LogP contribution in [0.4, 0.5) is 0 Å². The summed E-state index contributed by atoms with van der Waals surface area (Å²) in [4.78, 5) is 26.8. The number of unbranched alkanes of at least 4 members (excludes halogenated alkanes) is 18. The molecule has 0 saturated heterocycles. The fourth-order valence-electron chi connectivity index (χ4n) is 5.98. The lowest BCUT2D eigenvalue weighted by Crippen LogP contribution is -2.29. The summed E-state index contributed by atoms with van der Waals surface area (Å²) in [6, 6.07) is 0. The average molecular weight is 750 g/mol. The van der Waals surface area contributed by atoms with Crippen LogP contribution in [0.3, 0.4) is 0 Å². The molecule has 0 rings (SSSR count). The molecule has 0 saturated carbocycles. The number of ether oxygens (including phenoxy) is 4. The van der Waals surface area contributed by atoms with Gasteiger partial charge >= 0.3 is 11.9 Å². The van der Waals surface area contributed by atoms with E-state index in [1.807, 2.05) is 6.08 Å². The lowest BCUT2D eigenvalue weighted by Gasteiger charge is -2.21. The third-order valence-electron chi connectivity index (χ3n) is 9.31. The fourth-order valence-corrected chi connectivity index (χ4v) is 5.98. The van der Waals surface area contributed by atoms with Gasteiger partial charge in [0.25, 0.3) is 0 Å². The second-order valence-corrected chi connectivity index (χ2v) is 14.4. The van der Waals surface area contributed by atoms with Gasteiger partial charge in [0.05, 0.1) is 39.5 Å². The summed E-state index contributed by atoms with van der Waals surface area (Å²) in [5.74, 6) is 6.08. The lowest BCUT2D eigenvalue weighted by molar-refractivity contribution is -0.155. The normalized spacial score (nSPS) is 11.9. The average Bonchev–Trinajstić information content (AvgIpc) is 3.15. The number of hydrogen-bond donors (Lipinski definition) is 1. The van der Waals surface area contributed by atoms with Crippen LogP contribution in [0.25, 0.3) is 0 Å². The first-order valence-electron chi connectivity index (χ1n) is 22.1. The smallest absolute Gasteiger partial charge is 0.305 e. The molecule has 0 fully saturated rings. The highest BCUT2D eigenvalue weighted by atomic mass is 16.7. The van der Waals surface area contributed by atoms with Crippen molar-refractivity contribution in [2.24, 2.45) is 0 Å². The summed E-state index contributed by atoms with van der Waals surface area (Å²) >= 11 is 0. The van der Waals surface area contributed by atoms with Crippen LogP contribution in [0.1, 0.15) is 194 Å². The number of aliphatic hydroxyl groups excluding tert-OH is 1. The number of allylic oxidation sites excluding steroid dienone is 1. The second kappa shape index (κ2) is 42.8. The van der Waals surface area contributed by atoms with Crippen molar-refractivity contribution < 1.29 is 33.6 Å². The SMILES string of the molecule is CCC/C=C/COC(CCC(=O)OCCCCCCCCN(CCO)CCCCCC(=O)OCCCCCCCCCCC)OCCC#CCCCC. The molecule has 0 aromatic rings. The molecule has 0 aromatic carbocycles. The van der Waals surface area contributed by atoms with Gasteiger partial charge in [0.2, 0.25) is 0 Å². The summed E-state index contributed by atoms with van der Waals surface area (Å²) in [5, 5.41) is 9.51. The zero-order valence-electron chi connectivity index (χ0n) is 34.8. The van der Waals surface area contributed by atoms with E-state index in [0.717, 1.165) is 116 Å². The summed E-state index contributed by atoms with van der Waals surface area (Å²) < 4.78 is 22.7. The summed E-state index contributed by atoms with van der Waals surface area (Å²) in [7, 11) is 0. The third kappa shape index (κ3) is 39.6. The number of carbonyl (C=O) groups is 2. The van der Waals surface area contributed by atoms with Gasteiger partial charge in [0, 0.05) is 32.2 Å². The molecule has 0 aromatic heterocycles. The largest absolute Gasteiger partial charge is 0.466 e. The van der Waals surface area contributed by atoms with Crippen molar-refractivity contribution in [3.63, 3.8) is 0 Å². The Morgan fingerprint density at radius 2 is 1.11 bits per heavy atom. The molecule has 0 heterocycles. The highest BCUT2D eigenvalue weighted by Gasteiger charge is 2.13. The van der Waals surface area contributed by atoms with Crippen LogP contribution in [-0.4, -0.2) is 80.9 Å². The van der Waals surface area contributed by atoms with E-state index in [1.165, 1.54) is 44.9 Å². The van der Waals surface area contributed by atoms with Crippen LogP contribution in [0.2, 0.25) is 0 Å². The Morgan fingerprint density at radius 1 is 0.566 bits per heavy atom. The van der Waals surface area contributed by atoms with Gasteiger partial charge in [0.1, 0.15) is 0 Å². The Labute approximate surface area is 326 Å². The predicted molar refractivity (Wildman–Crippen MR) is 220 cm³/mol. The molecule has 0 aliphatic heterocycles. The first-order chi connectivity index (χ1) is 26.1. The summed E-state index contributed by atoms with van der Waals surface area (Å²) in [5.41, 5.74) is 0. The first kappa shape index (κ1) is 51.1. The zero-order valence-corrected chi connectivity index (χ0v) is 34.8. The molecule has 8 nitrogen and oxygen atoms in total. The number of carbonyl (C=O) groups excluding carboxylic acids is 2. The third-order valence-corrected chi connectivity index (χ3v) is 9.31. The van der Waals surface area contributed by atoms with Gasteiger partial charge in [-0.15, -0.1) is 11.8 Å². The van der Waals surface area contributed by atoms with Crippen LogP contribution in [-0.2, 0) is 28.5 Å². The molecule has 1 unspecified atom stereocenters. The van der Waals surface area contributed by atoms with Crippen molar-refractivity contribution in [1.29, 1.82) is 0 Å². The van der Waals surface area contributed by atoms with Gasteiger partial charge in [-0.3, -0.25) is 9.59 Å². The minimum Gasteiger partial charge on any atom is -0.466 e. The number of hydrogen-bond acceptors (Lipinski definition) is 8. The molecule has 8 heteroatoms. The molecule has 0 bridgehead atoms. The van der Waals surface area contributed by atoms with Gasteiger partial charge in [-0.05, 0) is 58.0 Å². The minimum atomic E-state index is -0.436. The van der Waals surface area contributed by atoms with Gasteiger partial charge < -0.3 is 29.0 Å². The predicted octanol–water partition coefficient (Wildman–Crippen LogP) is 10.9. The Hall–Kier alpha value is -1.92. The first-order valence-corrected chi connectivity index (χ1v) is 22.1. The Morgan fingerprint density at radius 3 is 1.72 bits per heavy atom. The molecule has 0 aliphatic carbocycles. The summed E-state index contributed by atoms with van der Waals surface area (Å²) in [6.07, 6.45) is 31.8. The van der Waals surface area contributed by atoms with E-state index in [4.69, 9.17) is 18.9 Å². The molecule has 1 N–H and O–H groups in total. The number of rotatable bonds is 40. The van der Waals surface area contributed by atoms with E-state index in [9.17, 15) is 14.7 Å². The molecule has 0 radical (unpaired) electrons. The van der Waals surface area contributed by atoms with Crippen LogP contribution in [0.15, 0.2) is 12.2 Å². The number of aliphatic hydroxyl groups is 1. The number of esters is 2. The van der Waals surface area contributed by atoms with Crippen LogP contribution in [0, 0.1) is 11.8 Å². The van der Waals surface area contributed by atoms with Crippen LogP contribution >= 0.6 is 0 Å². The van der Waals surface area contributed by atoms with Gasteiger partial charge in [-0.2, -0.15) is 0 Å². The number of nitrogens with zero attached hydrogens (tertiary/aromatic N) is 1. The summed E-state index contributed by atoms with van der Waals surface area (Å²) in [6.45, 7) is 11.4. The molecule has 0 aliphatic rings. The van der Waals surface area contributed by atoms with E-state index in [2.05, 4.69) is 43.6 Å². The van der Waals surface area contributed by atoms with Crippen LogP contribution in [0.5, 0.6) is 0 Å². The van der Waals surface area contributed by atoms with E-state index < -0.39 is 6.29 Å². The molecular formula is C45H83NO7. The van der Waals surface area contributed by atoms with Gasteiger partial charge in [-0.25, -0.2) is 0 Å². The molecule has 1 atom stereocenters. The standard InChI is InChI=1S/C45H83NO7/c1-4-7-10-13-15-16-18-22-29-39-50-43(48)32-25-24-27-36-46(37-38-47)35-26-20-17-19-23-30-40-51-44(49)33-34-45(52-41-28-12-9-6-3)53-42-31-21-14-11-8-5-2/h12,28,45,47H,4-11,13,15-20,22-27,29-42H2,1-3H3/b28-12+. The van der Waals surface area contributed by atoms with E-state index in [-0.39, 0.29) is 25.0 Å². The molecular weight excluding hydrogens is 666 g/mol. The zero-order chi connectivity index (χ0) is 38.7. The molecule has 0 amide bonds. The topological polar surface area (TPSA) is 94.5 Å². The van der Waals surface area contributed by atoms with E-state index in [1.54, 1.807) is 0 Å². The molecule has 0 spiro atoms. The van der Waals surface area contributed by atoms with Crippen molar-refractivity contribution in [3.05, 3.63) is 12.2 Å². The Kier molecular flexibility index (Phi) is 41.3. The molecule has 53 heavy (non-hydrogen) atoms. The highest BCUT2D eigenvalue weighted by Crippen LogP contribution is 2.12. The maximum Gasteiger partial charge on any atom is 0.305 e. The lowest BCUT2D eigenvalue weighted by atomic mass is 10.1. The van der Waals surface area contributed by atoms with Gasteiger partial charge in [0.15, 0.2) is 6.29 Å². The van der Waals surface area contributed by atoms with Crippen LogP contribution < -0.4 is 0 Å². The quantitative estimate of drug-likeness (QED) is 0.0218. The fraction of sp³-hybridized carbons (Fsp3) is 0.867. The second-order valence-electron chi connectivity index (χ2n) is 14.4. The van der Waals surface area contributed by atoms with Crippen molar-refractivity contribution in [2.45, 2.75) is 200 Å². The van der Waals surface area contributed by atoms with Crippen molar-refractivity contribution in [1.82, 2.24) is 4.90 Å². The van der Waals surface area contributed by atoms with E-state index in [0.29, 0.717) is 52.2 Å². The monoisotopic (exact) mass is 750 g/mol. The molecule has 310 valence electrons. The van der Waals surface area contributed by atoms with Crippen molar-refractivity contribution in [3.8, 4) is 11.8 Å².